The summed E-state index contributed by atoms with van der Waals surface area (Å²) in [6.07, 6.45) is 5.08. The molecule has 4 heterocycles. The van der Waals surface area contributed by atoms with Crippen molar-refractivity contribution >= 4 is 17.5 Å². The maximum Gasteiger partial charge on any atom is 0.192 e. The average Bonchev–Trinajstić information content (AvgIpc) is 3.53. The van der Waals surface area contributed by atoms with Crippen molar-refractivity contribution in [2.45, 2.75) is 39.0 Å². The van der Waals surface area contributed by atoms with Gasteiger partial charge in [0.15, 0.2) is 16.8 Å². The first-order chi connectivity index (χ1) is 15.0. The van der Waals surface area contributed by atoms with Crippen LogP contribution in [-0.4, -0.2) is 30.9 Å². The van der Waals surface area contributed by atoms with E-state index in [1.807, 2.05) is 49.6 Å². The standard InChI is InChI=1S/C23H24N4O3S/c1-5-9-26-22(19-8-11-29-17(19)4)24-25-23(26)31-14-21(28)20-12-15(2)27(16(20)3)13-18-7-6-10-30-18/h5-8,10-12H,1,9,13-14H2,2-4H3. The summed E-state index contributed by atoms with van der Waals surface area (Å²) in [6, 6.07) is 7.61. The van der Waals surface area contributed by atoms with Gasteiger partial charge in [-0.15, -0.1) is 16.8 Å². The molecule has 0 spiro atoms. The van der Waals surface area contributed by atoms with Crippen LogP contribution < -0.4 is 0 Å². The number of hydrogen-bond donors (Lipinski definition) is 0. The highest BCUT2D eigenvalue weighted by molar-refractivity contribution is 7.99. The van der Waals surface area contributed by atoms with Crippen LogP contribution in [0.3, 0.4) is 0 Å². The van der Waals surface area contributed by atoms with Crippen LogP contribution in [0.2, 0.25) is 0 Å². The fraction of sp³-hybridized carbons (Fsp3) is 0.261. The maximum absolute atomic E-state index is 13.0. The van der Waals surface area contributed by atoms with Gasteiger partial charge in [-0.25, -0.2) is 0 Å². The van der Waals surface area contributed by atoms with Crippen molar-refractivity contribution in [2.75, 3.05) is 5.75 Å². The van der Waals surface area contributed by atoms with Gasteiger partial charge in [0.25, 0.3) is 0 Å². The molecule has 0 aliphatic rings. The van der Waals surface area contributed by atoms with Crippen LogP contribution in [0.15, 0.2) is 63.4 Å². The fourth-order valence-electron chi connectivity index (χ4n) is 3.60. The number of allylic oxidation sites excluding steroid dienone is 1. The molecule has 0 amide bonds. The van der Waals surface area contributed by atoms with E-state index in [0.29, 0.717) is 24.1 Å². The minimum atomic E-state index is 0.0537. The first kappa shape index (κ1) is 21.0. The van der Waals surface area contributed by atoms with Gasteiger partial charge >= 0.3 is 0 Å². The summed E-state index contributed by atoms with van der Waals surface area (Å²) >= 11 is 1.38. The van der Waals surface area contributed by atoms with E-state index in [1.54, 1.807) is 18.6 Å². The number of carbonyl (C=O) groups excluding carboxylic acids is 1. The monoisotopic (exact) mass is 436 g/mol. The van der Waals surface area contributed by atoms with Crippen LogP contribution >= 0.6 is 11.8 Å². The van der Waals surface area contributed by atoms with Crippen molar-refractivity contribution in [3.05, 3.63) is 77.9 Å². The van der Waals surface area contributed by atoms with Crippen LogP contribution in [0.1, 0.15) is 33.3 Å². The molecule has 8 heteroatoms. The minimum Gasteiger partial charge on any atom is -0.469 e. The second-order valence-electron chi connectivity index (χ2n) is 7.26. The average molecular weight is 437 g/mol. The zero-order chi connectivity index (χ0) is 22.0. The summed E-state index contributed by atoms with van der Waals surface area (Å²) in [5.41, 5.74) is 3.56. The zero-order valence-corrected chi connectivity index (χ0v) is 18.6. The van der Waals surface area contributed by atoms with Gasteiger partial charge < -0.3 is 13.4 Å². The first-order valence-electron chi connectivity index (χ1n) is 9.93. The molecule has 0 aromatic carbocycles. The molecule has 4 aromatic heterocycles. The number of rotatable bonds is 9. The SMILES string of the molecule is C=CCn1c(SCC(=O)c2cc(C)n(Cc3ccco3)c2C)nnc1-c1ccoc1C. The van der Waals surface area contributed by atoms with Gasteiger partial charge in [-0.2, -0.15) is 0 Å². The summed E-state index contributed by atoms with van der Waals surface area (Å²) in [6.45, 7) is 10.8. The smallest absolute Gasteiger partial charge is 0.192 e. The number of ketones is 1. The van der Waals surface area contributed by atoms with Gasteiger partial charge in [-0.3, -0.25) is 9.36 Å². The van der Waals surface area contributed by atoms with Crippen molar-refractivity contribution < 1.29 is 13.6 Å². The lowest BCUT2D eigenvalue weighted by molar-refractivity contribution is 0.102. The second kappa shape index (κ2) is 8.85. The van der Waals surface area contributed by atoms with Crippen LogP contribution in [-0.2, 0) is 13.1 Å². The molecule has 0 N–H and O–H groups in total. The Labute approximate surface area is 184 Å². The van der Waals surface area contributed by atoms with Crippen molar-refractivity contribution in [1.82, 2.24) is 19.3 Å². The summed E-state index contributed by atoms with van der Waals surface area (Å²) in [5.74, 6) is 2.66. The van der Waals surface area contributed by atoms with Crippen molar-refractivity contribution in [1.29, 1.82) is 0 Å². The second-order valence-corrected chi connectivity index (χ2v) is 8.20. The number of thioether (sulfide) groups is 1. The molecule has 7 nitrogen and oxygen atoms in total. The predicted molar refractivity (Wildman–Crippen MR) is 119 cm³/mol. The van der Waals surface area contributed by atoms with E-state index in [1.165, 1.54) is 11.8 Å². The Balaban J connectivity index is 1.52. The Morgan fingerprint density at radius 3 is 2.68 bits per heavy atom. The lowest BCUT2D eigenvalue weighted by atomic mass is 10.2. The number of Topliss-reactive ketones (excluding diaryl/α,β-unsaturated/α-hetero) is 1. The molecule has 0 saturated carbocycles. The van der Waals surface area contributed by atoms with E-state index in [0.717, 1.165) is 34.0 Å². The third-order valence-corrected chi connectivity index (χ3v) is 6.20. The first-order valence-corrected chi connectivity index (χ1v) is 10.9. The molecule has 0 saturated heterocycles. The fourth-order valence-corrected chi connectivity index (χ4v) is 4.43. The lowest BCUT2D eigenvalue weighted by Crippen LogP contribution is -2.08. The third-order valence-electron chi connectivity index (χ3n) is 5.23. The highest BCUT2D eigenvalue weighted by atomic mass is 32.2. The van der Waals surface area contributed by atoms with Crippen LogP contribution in [0.4, 0.5) is 0 Å². The Morgan fingerprint density at radius 2 is 2.00 bits per heavy atom. The number of carbonyl (C=O) groups is 1. The van der Waals surface area contributed by atoms with Gasteiger partial charge in [0.2, 0.25) is 0 Å². The Hall–Kier alpha value is -3.26. The summed E-state index contributed by atoms with van der Waals surface area (Å²) in [4.78, 5) is 13.0. The van der Waals surface area contributed by atoms with E-state index in [2.05, 4.69) is 21.3 Å². The Kier molecular flexibility index (Phi) is 5.99. The molecular formula is C23H24N4O3S. The molecule has 4 aromatic rings. The summed E-state index contributed by atoms with van der Waals surface area (Å²) in [5, 5.41) is 9.31. The number of hydrogen-bond acceptors (Lipinski definition) is 6. The molecule has 4 rings (SSSR count). The minimum absolute atomic E-state index is 0.0537. The molecule has 0 radical (unpaired) electrons. The highest BCUT2D eigenvalue weighted by Gasteiger charge is 2.20. The van der Waals surface area contributed by atoms with Crippen LogP contribution in [0.25, 0.3) is 11.4 Å². The molecule has 0 aliphatic carbocycles. The van der Waals surface area contributed by atoms with Crippen molar-refractivity contribution in [2.24, 2.45) is 0 Å². The number of aromatic nitrogens is 4. The quantitative estimate of drug-likeness (QED) is 0.207. The van der Waals surface area contributed by atoms with E-state index in [9.17, 15) is 4.79 Å². The van der Waals surface area contributed by atoms with Gasteiger partial charge in [0.05, 0.1) is 30.4 Å². The topological polar surface area (TPSA) is 79.0 Å². The van der Waals surface area contributed by atoms with E-state index in [4.69, 9.17) is 8.83 Å². The maximum atomic E-state index is 13.0. The molecule has 0 atom stereocenters. The summed E-state index contributed by atoms with van der Waals surface area (Å²) in [7, 11) is 0. The van der Waals surface area contributed by atoms with Crippen LogP contribution in [0.5, 0.6) is 0 Å². The van der Waals surface area contributed by atoms with Crippen LogP contribution in [0, 0.1) is 20.8 Å². The molecule has 31 heavy (non-hydrogen) atoms. The Morgan fingerprint density at radius 1 is 1.16 bits per heavy atom. The predicted octanol–water partition coefficient (Wildman–Crippen LogP) is 5.07. The highest BCUT2D eigenvalue weighted by Crippen LogP contribution is 2.28. The molecule has 160 valence electrons. The van der Waals surface area contributed by atoms with Gasteiger partial charge in [0, 0.05) is 23.5 Å². The normalized spacial score (nSPS) is 11.2. The van der Waals surface area contributed by atoms with E-state index < -0.39 is 0 Å². The Bertz CT molecular complexity index is 1210. The van der Waals surface area contributed by atoms with Gasteiger partial charge in [-0.05, 0) is 45.0 Å². The van der Waals surface area contributed by atoms with Crippen molar-refractivity contribution in [3.8, 4) is 11.4 Å². The molecule has 0 unspecified atom stereocenters. The number of aryl methyl sites for hydroxylation is 2. The van der Waals surface area contributed by atoms with Crippen molar-refractivity contribution in [3.63, 3.8) is 0 Å². The van der Waals surface area contributed by atoms with E-state index in [-0.39, 0.29) is 11.5 Å². The largest absolute Gasteiger partial charge is 0.469 e. The number of furan rings is 2. The third kappa shape index (κ3) is 4.16. The van der Waals surface area contributed by atoms with Gasteiger partial charge in [-0.1, -0.05) is 17.8 Å². The summed E-state index contributed by atoms with van der Waals surface area (Å²) < 4.78 is 14.9. The molecule has 0 aliphatic heterocycles. The zero-order valence-electron chi connectivity index (χ0n) is 17.8. The van der Waals surface area contributed by atoms with Gasteiger partial charge in [0.1, 0.15) is 11.5 Å². The molecular weight excluding hydrogens is 412 g/mol. The molecule has 0 fully saturated rings. The van der Waals surface area contributed by atoms with E-state index >= 15 is 0 Å². The molecule has 0 bridgehead atoms. The number of nitrogens with zero attached hydrogens (tertiary/aromatic N) is 4. The lowest BCUT2D eigenvalue weighted by Gasteiger charge is -2.08.